The number of nitrogens with zero attached hydrogens (tertiary/aromatic N) is 5. The summed E-state index contributed by atoms with van der Waals surface area (Å²) in [7, 11) is 1.94. The molecule has 0 amide bonds. The molecule has 1 saturated heterocycles. The Morgan fingerprint density at radius 1 is 1.38 bits per heavy atom. The smallest absolute Gasteiger partial charge is 0.137 e. The van der Waals surface area contributed by atoms with Crippen LogP contribution in [0.15, 0.2) is 18.6 Å². The molecule has 2 aromatic heterocycles. The molecule has 0 aliphatic carbocycles. The van der Waals surface area contributed by atoms with Crippen LogP contribution >= 0.6 is 0 Å². The molecular weight excluding hydrogens is 302 g/mol. The minimum absolute atomic E-state index is 0.236. The summed E-state index contributed by atoms with van der Waals surface area (Å²) < 4.78 is 3.95. The molecule has 3 heterocycles. The molecule has 0 saturated carbocycles. The summed E-state index contributed by atoms with van der Waals surface area (Å²) in [6, 6.07) is 0.386. The van der Waals surface area contributed by atoms with Gasteiger partial charge in [0.1, 0.15) is 11.9 Å². The molecule has 1 fully saturated rings. The summed E-state index contributed by atoms with van der Waals surface area (Å²) in [5.74, 6) is 1.01. The first kappa shape index (κ1) is 17.2. The van der Waals surface area contributed by atoms with Gasteiger partial charge in [0, 0.05) is 56.3 Å². The highest BCUT2D eigenvalue weighted by molar-refractivity contribution is 5.16. The van der Waals surface area contributed by atoms with E-state index < -0.39 is 6.10 Å². The Kier molecular flexibility index (Phi) is 5.06. The van der Waals surface area contributed by atoms with Gasteiger partial charge in [0.05, 0.1) is 5.69 Å². The number of piperidine rings is 1. The maximum absolute atomic E-state index is 10.7. The number of likely N-dealkylation sites (tertiary alicyclic amines) is 1. The van der Waals surface area contributed by atoms with Gasteiger partial charge >= 0.3 is 0 Å². The summed E-state index contributed by atoms with van der Waals surface area (Å²) in [6.07, 6.45) is 7.48. The van der Waals surface area contributed by atoms with Gasteiger partial charge in [-0.1, -0.05) is 0 Å². The largest absolute Gasteiger partial charge is 0.385 e. The molecule has 0 aromatic carbocycles. The number of hydrogen-bond acceptors (Lipinski definition) is 4. The summed E-state index contributed by atoms with van der Waals surface area (Å²) in [4.78, 5) is 6.76. The third kappa shape index (κ3) is 3.54. The lowest BCUT2D eigenvalue weighted by molar-refractivity contribution is 0.0404. The van der Waals surface area contributed by atoms with Crippen molar-refractivity contribution < 1.29 is 5.11 Å². The third-order valence-electron chi connectivity index (χ3n) is 5.05. The van der Waals surface area contributed by atoms with Gasteiger partial charge in [-0.2, -0.15) is 5.10 Å². The fourth-order valence-electron chi connectivity index (χ4n) is 3.55. The maximum atomic E-state index is 10.7. The van der Waals surface area contributed by atoms with E-state index in [4.69, 9.17) is 0 Å². The Hall–Kier alpha value is -1.66. The molecule has 1 aliphatic rings. The molecule has 0 radical (unpaired) electrons. The number of imidazole rings is 1. The van der Waals surface area contributed by atoms with Crippen LogP contribution in [-0.4, -0.2) is 42.4 Å². The van der Waals surface area contributed by atoms with E-state index in [1.807, 2.05) is 22.5 Å². The number of aliphatic hydroxyl groups excluding tert-OH is 1. The fourth-order valence-corrected chi connectivity index (χ4v) is 3.55. The van der Waals surface area contributed by atoms with E-state index in [1.54, 1.807) is 6.20 Å². The Labute approximate surface area is 144 Å². The molecule has 6 heteroatoms. The minimum Gasteiger partial charge on any atom is -0.385 e. The summed E-state index contributed by atoms with van der Waals surface area (Å²) in [5, 5.41) is 15.3. The van der Waals surface area contributed by atoms with Gasteiger partial charge in [-0.05, 0) is 40.2 Å². The van der Waals surface area contributed by atoms with Crippen LogP contribution in [0.3, 0.4) is 0 Å². The number of rotatable bonds is 5. The average molecular weight is 331 g/mol. The van der Waals surface area contributed by atoms with Gasteiger partial charge < -0.3 is 9.67 Å². The molecule has 2 aromatic rings. The normalized spacial score (nSPS) is 20.7. The van der Waals surface area contributed by atoms with Crippen molar-refractivity contribution in [1.82, 2.24) is 24.2 Å². The van der Waals surface area contributed by atoms with Gasteiger partial charge in [-0.25, -0.2) is 4.98 Å². The first-order chi connectivity index (χ1) is 11.5. The molecule has 132 valence electrons. The van der Waals surface area contributed by atoms with Crippen LogP contribution in [0.1, 0.15) is 55.9 Å². The van der Waals surface area contributed by atoms with Crippen molar-refractivity contribution in [2.24, 2.45) is 13.0 Å². The fraction of sp³-hybridized carbons (Fsp3) is 0.667. The average Bonchev–Trinajstić information content (AvgIpc) is 3.13. The second-order valence-corrected chi connectivity index (χ2v) is 7.29. The quantitative estimate of drug-likeness (QED) is 0.914. The highest BCUT2D eigenvalue weighted by Crippen LogP contribution is 2.29. The predicted molar refractivity (Wildman–Crippen MR) is 93.5 cm³/mol. The predicted octanol–water partition coefficient (Wildman–Crippen LogP) is 2.45. The Morgan fingerprint density at radius 3 is 2.79 bits per heavy atom. The summed E-state index contributed by atoms with van der Waals surface area (Å²) in [5.41, 5.74) is 2.39. The summed E-state index contributed by atoms with van der Waals surface area (Å²) in [6.45, 7) is 9.27. The monoisotopic (exact) mass is 331 g/mol. The van der Waals surface area contributed by atoms with Gasteiger partial charge in [-0.3, -0.25) is 9.58 Å². The lowest BCUT2D eigenvalue weighted by Gasteiger charge is -2.34. The van der Waals surface area contributed by atoms with Crippen LogP contribution in [0.4, 0.5) is 0 Å². The van der Waals surface area contributed by atoms with E-state index in [0.29, 0.717) is 6.04 Å². The zero-order valence-corrected chi connectivity index (χ0v) is 15.2. The van der Waals surface area contributed by atoms with Gasteiger partial charge in [0.15, 0.2) is 0 Å². The highest BCUT2D eigenvalue weighted by Gasteiger charge is 2.29. The standard InChI is InChI=1S/C18H29N5O/c1-13(2)23-12-16(14(3)20-23)11-22-8-5-6-15(10-22)17(24)18-19-7-9-21(18)4/h7,9,12-13,15,17,24H,5-6,8,10-11H2,1-4H3/t15-,17+/m1/s1. The number of aliphatic hydroxyl groups is 1. The molecule has 6 nitrogen and oxygen atoms in total. The summed E-state index contributed by atoms with van der Waals surface area (Å²) >= 11 is 0. The molecule has 0 unspecified atom stereocenters. The highest BCUT2D eigenvalue weighted by atomic mass is 16.3. The lowest BCUT2D eigenvalue weighted by Crippen LogP contribution is -2.38. The number of aromatic nitrogens is 4. The van der Waals surface area contributed by atoms with E-state index in [1.165, 1.54) is 5.56 Å². The second-order valence-electron chi connectivity index (χ2n) is 7.29. The van der Waals surface area contributed by atoms with Crippen LogP contribution in [0.2, 0.25) is 0 Å². The van der Waals surface area contributed by atoms with Crippen LogP contribution in [-0.2, 0) is 13.6 Å². The van der Waals surface area contributed by atoms with Crippen LogP contribution in [0.25, 0.3) is 0 Å². The van der Waals surface area contributed by atoms with E-state index in [2.05, 4.69) is 42.0 Å². The van der Waals surface area contributed by atoms with Gasteiger partial charge in [0.2, 0.25) is 0 Å². The van der Waals surface area contributed by atoms with E-state index >= 15 is 0 Å². The Bertz CT molecular complexity index is 675. The molecule has 3 rings (SSSR count). The van der Waals surface area contributed by atoms with E-state index in [9.17, 15) is 5.11 Å². The third-order valence-corrected chi connectivity index (χ3v) is 5.05. The second kappa shape index (κ2) is 7.07. The van der Waals surface area contributed by atoms with Crippen LogP contribution < -0.4 is 0 Å². The Balaban J connectivity index is 1.66. The Morgan fingerprint density at radius 2 is 2.17 bits per heavy atom. The van der Waals surface area contributed by atoms with Crippen molar-refractivity contribution in [3.05, 3.63) is 35.7 Å². The number of aryl methyl sites for hydroxylation is 2. The number of hydrogen-bond donors (Lipinski definition) is 1. The van der Waals surface area contributed by atoms with Crippen LogP contribution in [0.5, 0.6) is 0 Å². The first-order valence-electron chi connectivity index (χ1n) is 8.88. The van der Waals surface area contributed by atoms with Crippen molar-refractivity contribution >= 4 is 0 Å². The zero-order valence-electron chi connectivity index (χ0n) is 15.2. The van der Waals surface area contributed by atoms with Crippen LogP contribution in [0, 0.1) is 12.8 Å². The van der Waals surface area contributed by atoms with Gasteiger partial charge in [-0.15, -0.1) is 0 Å². The molecule has 1 N–H and O–H groups in total. The zero-order chi connectivity index (χ0) is 17.3. The van der Waals surface area contributed by atoms with Crippen molar-refractivity contribution in [2.45, 2.75) is 52.3 Å². The topological polar surface area (TPSA) is 59.1 Å². The van der Waals surface area contributed by atoms with Crippen molar-refractivity contribution in [3.8, 4) is 0 Å². The SMILES string of the molecule is Cc1nn(C(C)C)cc1CN1CCC[C@@H]([C@H](O)c2nccn2C)C1. The maximum Gasteiger partial charge on any atom is 0.137 e. The molecule has 24 heavy (non-hydrogen) atoms. The van der Waals surface area contributed by atoms with Crippen molar-refractivity contribution in [2.75, 3.05) is 13.1 Å². The van der Waals surface area contributed by atoms with E-state index in [0.717, 1.165) is 44.0 Å². The van der Waals surface area contributed by atoms with Crippen molar-refractivity contribution in [1.29, 1.82) is 0 Å². The van der Waals surface area contributed by atoms with Gasteiger partial charge in [0.25, 0.3) is 0 Å². The molecular formula is C18H29N5O. The molecule has 0 bridgehead atoms. The molecule has 1 aliphatic heterocycles. The van der Waals surface area contributed by atoms with Crippen molar-refractivity contribution in [3.63, 3.8) is 0 Å². The van der Waals surface area contributed by atoms with E-state index in [-0.39, 0.29) is 5.92 Å². The molecule has 0 spiro atoms. The molecule has 2 atom stereocenters. The first-order valence-corrected chi connectivity index (χ1v) is 8.88. The minimum atomic E-state index is -0.493. The lowest BCUT2D eigenvalue weighted by atomic mass is 9.91.